The van der Waals surface area contributed by atoms with Crippen molar-refractivity contribution in [3.05, 3.63) is 199 Å². The molecule has 9 aromatic carbocycles. The zero-order valence-electron chi connectivity index (χ0n) is 48.5. The Balaban J connectivity index is 0.940. The minimum Gasteiger partial charge on any atom is -0.0613 e. The van der Waals surface area contributed by atoms with Crippen molar-refractivity contribution in [1.82, 2.24) is 0 Å². The largest absolute Gasteiger partial charge is 0.0613 e. The van der Waals surface area contributed by atoms with Gasteiger partial charge in [0.2, 0.25) is 0 Å². The summed E-state index contributed by atoms with van der Waals surface area (Å²) in [4.78, 5) is 0. The lowest BCUT2D eigenvalue weighted by Crippen LogP contribution is -2.27. The van der Waals surface area contributed by atoms with E-state index in [1.54, 1.807) is 11.1 Å². The fourth-order valence-electron chi connectivity index (χ4n) is 17.0. The van der Waals surface area contributed by atoms with Crippen LogP contribution in [0.5, 0.6) is 0 Å². The molecule has 0 amide bonds. The van der Waals surface area contributed by atoms with Crippen molar-refractivity contribution in [3.63, 3.8) is 0 Å². The van der Waals surface area contributed by atoms with E-state index in [1.807, 2.05) is 0 Å². The highest BCUT2D eigenvalue weighted by Gasteiger charge is 2.55. The molecule has 0 heterocycles. The lowest BCUT2D eigenvalue weighted by Gasteiger charge is -2.37. The molecule has 15 rings (SSSR count). The Labute approximate surface area is 453 Å². The minimum absolute atomic E-state index is 0.0997. The average molecular weight is 987 g/mol. The summed E-state index contributed by atoms with van der Waals surface area (Å²) in [5.74, 6) is 0. The van der Waals surface area contributed by atoms with E-state index >= 15 is 0 Å². The van der Waals surface area contributed by atoms with Crippen LogP contribution in [0.15, 0.2) is 121 Å². The third kappa shape index (κ3) is 5.29. The van der Waals surface area contributed by atoms with E-state index in [9.17, 15) is 0 Å². The maximum absolute atomic E-state index is 2.70. The van der Waals surface area contributed by atoms with E-state index in [2.05, 4.69) is 246 Å². The van der Waals surface area contributed by atoms with Crippen molar-refractivity contribution in [2.75, 3.05) is 0 Å². The van der Waals surface area contributed by atoms with E-state index in [4.69, 9.17) is 0 Å². The van der Waals surface area contributed by atoms with E-state index in [-0.39, 0.29) is 43.3 Å². The van der Waals surface area contributed by atoms with Crippen LogP contribution in [-0.4, -0.2) is 0 Å². The fourth-order valence-corrected chi connectivity index (χ4v) is 17.0. The first-order chi connectivity index (χ1) is 35.5. The number of rotatable bonds is 2. The normalized spacial score (nSPS) is 18.8. The molecule has 0 aromatic heterocycles. The molecular formula is C76H74. The quantitative estimate of drug-likeness (QED) is 0.162. The van der Waals surface area contributed by atoms with Gasteiger partial charge in [-0.3, -0.25) is 0 Å². The zero-order valence-corrected chi connectivity index (χ0v) is 48.5. The van der Waals surface area contributed by atoms with E-state index < -0.39 is 0 Å². The second-order valence-corrected chi connectivity index (χ2v) is 29.7. The van der Waals surface area contributed by atoms with E-state index in [0.717, 1.165) is 0 Å². The van der Waals surface area contributed by atoms with Crippen LogP contribution in [0.4, 0.5) is 0 Å². The number of hydrogen-bond acceptors (Lipinski definition) is 0. The summed E-state index contributed by atoms with van der Waals surface area (Å²) >= 11 is 0. The van der Waals surface area contributed by atoms with Crippen molar-refractivity contribution in [2.24, 2.45) is 0 Å². The first-order valence-electron chi connectivity index (χ1n) is 28.6. The van der Waals surface area contributed by atoms with Crippen LogP contribution in [0.25, 0.3) is 88.3 Å². The molecule has 0 atom stereocenters. The van der Waals surface area contributed by atoms with Crippen molar-refractivity contribution >= 4 is 21.5 Å². The van der Waals surface area contributed by atoms with Crippen LogP contribution in [0.2, 0.25) is 0 Å². The van der Waals surface area contributed by atoms with Crippen LogP contribution in [0.3, 0.4) is 0 Å². The molecule has 0 radical (unpaired) electrons. The Morgan fingerprint density at radius 3 is 0.908 bits per heavy atom. The van der Waals surface area contributed by atoms with Gasteiger partial charge in [-0.15, -0.1) is 0 Å². The standard InChI is InChI=1S/C76H74/c1-69(2,3)41-29-25-39(26-30-41)45-33-55-61-59-43(45)21-19-23-51(59)71(7,8)57-37-49-47-35-54-48(36-53(47)73(11,12)65(49)67(63(57)61)75(55,15)16)50-38-58-64-62-56(76(17,18)68(64)66(50)74(54,13)14)34-46(40-27-31-42(32-28-40)70(4,5)6)44-22-20-24-52(60(44)62)72(58,9)10/h19-38H,1-18H3. The summed E-state index contributed by atoms with van der Waals surface area (Å²) in [7, 11) is 0. The lowest BCUT2D eigenvalue weighted by atomic mass is 9.66. The second-order valence-electron chi connectivity index (χ2n) is 29.7. The highest BCUT2D eigenvalue weighted by atomic mass is 14.6. The number of hydrogen-bond donors (Lipinski definition) is 0. The third-order valence-electron chi connectivity index (χ3n) is 21.2. The molecule has 0 fully saturated rings. The summed E-state index contributed by atoms with van der Waals surface area (Å²) in [6, 6.07) is 49.3. The summed E-state index contributed by atoms with van der Waals surface area (Å²) in [6.45, 7) is 44.3. The van der Waals surface area contributed by atoms with Crippen molar-refractivity contribution in [1.29, 1.82) is 0 Å². The Bertz CT molecular complexity index is 3950. The number of fused-ring (bicyclic) bond motifs is 8. The van der Waals surface area contributed by atoms with Crippen LogP contribution in [-0.2, 0) is 43.3 Å². The van der Waals surface area contributed by atoms with Gasteiger partial charge in [0.25, 0.3) is 0 Å². The van der Waals surface area contributed by atoms with Crippen molar-refractivity contribution in [2.45, 2.75) is 168 Å². The predicted octanol–water partition coefficient (Wildman–Crippen LogP) is 20.4. The fraction of sp³-hybridized carbons (Fsp3) is 0.342. The first-order valence-corrected chi connectivity index (χ1v) is 28.6. The molecule has 9 aromatic rings. The summed E-state index contributed by atoms with van der Waals surface area (Å²) in [6.07, 6.45) is 0. The minimum atomic E-state index is -0.228. The monoisotopic (exact) mass is 987 g/mol. The molecule has 0 bridgehead atoms. The Morgan fingerprint density at radius 2 is 0.566 bits per heavy atom. The summed E-state index contributed by atoms with van der Waals surface area (Å²) < 4.78 is 0. The van der Waals surface area contributed by atoms with Gasteiger partial charge in [-0.2, -0.15) is 0 Å². The maximum Gasteiger partial charge on any atom is 0.0162 e. The van der Waals surface area contributed by atoms with Gasteiger partial charge in [-0.05, 0) is 213 Å². The van der Waals surface area contributed by atoms with Crippen LogP contribution in [0.1, 0.15) is 203 Å². The first kappa shape index (κ1) is 46.8. The molecule has 0 nitrogen and oxygen atoms in total. The molecule has 378 valence electrons. The molecule has 0 saturated carbocycles. The number of benzene rings is 9. The Hall–Kier alpha value is -6.50. The molecule has 76 heavy (non-hydrogen) atoms. The third-order valence-corrected chi connectivity index (χ3v) is 21.2. The summed E-state index contributed by atoms with van der Waals surface area (Å²) in [5.41, 5.74) is 36.7. The van der Waals surface area contributed by atoms with Gasteiger partial charge in [-0.25, -0.2) is 0 Å². The molecule has 6 aliphatic rings. The zero-order chi connectivity index (χ0) is 53.5. The second kappa shape index (κ2) is 13.6. The van der Waals surface area contributed by atoms with Gasteiger partial charge < -0.3 is 0 Å². The highest BCUT2D eigenvalue weighted by Crippen LogP contribution is 2.69. The van der Waals surface area contributed by atoms with Crippen LogP contribution in [0, 0.1) is 0 Å². The van der Waals surface area contributed by atoms with Gasteiger partial charge >= 0.3 is 0 Å². The summed E-state index contributed by atoms with van der Waals surface area (Å²) in [5, 5.41) is 5.68. The van der Waals surface area contributed by atoms with E-state index in [0.29, 0.717) is 0 Å². The van der Waals surface area contributed by atoms with Crippen molar-refractivity contribution in [3.8, 4) is 66.8 Å². The van der Waals surface area contributed by atoms with Crippen molar-refractivity contribution < 1.29 is 0 Å². The topological polar surface area (TPSA) is 0 Å². The Morgan fingerprint density at radius 1 is 0.263 bits per heavy atom. The molecule has 0 unspecified atom stereocenters. The highest BCUT2D eigenvalue weighted by molar-refractivity contribution is 6.16. The molecule has 0 heteroatoms. The van der Waals surface area contributed by atoms with Gasteiger partial charge in [0.05, 0.1) is 0 Å². The SMILES string of the molecule is CC(C)(C)c1ccc(-c2cc3c4c5c(cccc25)C(C)(C)c2cc5c(c(c2-4)C3(C)C)C(C)(C)c2cc3c(cc2-5)C(C)(C)c2c-3cc3c4c2C(C)(C)c2cc(-c5ccc(C(C)(C)C)cc5)c5cccc(c5c2-4)C3(C)C)cc1. The smallest absolute Gasteiger partial charge is 0.0162 e. The van der Waals surface area contributed by atoms with Crippen LogP contribution >= 0.6 is 0 Å². The van der Waals surface area contributed by atoms with Gasteiger partial charge in [0, 0.05) is 32.5 Å². The molecule has 0 saturated heterocycles. The molecular weight excluding hydrogens is 913 g/mol. The molecule has 0 aliphatic heterocycles. The maximum atomic E-state index is 2.70. The van der Waals surface area contributed by atoms with Gasteiger partial charge in [0.1, 0.15) is 0 Å². The van der Waals surface area contributed by atoms with Crippen LogP contribution < -0.4 is 0 Å². The van der Waals surface area contributed by atoms with Gasteiger partial charge in [0.15, 0.2) is 0 Å². The van der Waals surface area contributed by atoms with E-state index in [1.165, 1.54) is 155 Å². The molecule has 0 spiro atoms. The lowest BCUT2D eigenvalue weighted by molar-refractivity contribution is 0.590. The van der Waals surface area contributed by atoms with Gasteiger partial charge in [-0.1, -0.05) is 210 Å². The average Bonchev–Trinajstić information content (AvgIpc) is 4.05. The predicted molar refractivity (Wildman–Crippen MR) is 324 cm³/mol. The molecule has 6 aliphatic carbocycles. The Kier molecular flexibility index (Phi) is 8.37. The molecule has 0 N–H and O–H groups in total.